The summed E-state index contributed by atoms with van der Waals surface area (Å²) >= 11 is 7.17. The molecule has 3 heterocycles. The molecule has 10 heteroatoms. The number of hydrogen-bond acceptors (Lipinski definition) is 7. The summed E-state index contributed by atoms with van der Waals surface area (Å²) in [6.45, 7) is 5.66. The fraction of sp³-hybridized carbons (Fsp3) is 0.548. The lowest BCUT2D eigenvalue weighted by atomic mass is 9.94. The van der Waals surface area contributed by atoms with E-state index in [2.05, 4.69) is 16.3 Å². The van der Waals surface area contributed by atoms with Crippen LogP contribution in [0.25, 0.3) is 17.4 Å². The first-order valence-corrected chi connectivity index (χ1v) is 15.8. The standard InChI is InChI=1S/C31H39N3O3S2.2ClH/c1-36-25-8-5-7-23(18-25)27-19-24(6-3-2-4-13-33-14-11-32-12-15-33)28(37-27)20-29-30(35)34(31(38)39-29)26-17-21-9-10-22(26)16-21;;/h5,7-8,18-22,26,32H,2-4,6,9-17H2,1H3;2*1H/b29-20-;;. The number of nitrogens with one attached hydrogen (secondary N) is 1. The van der Waals surface area contributed by atoms with Gasteiger partial charge in [-0.1, -0.05) is 49.0 Å². The highest BCUT2D eigenvalue weighted by atomic mass is 35.5. The molecule has 1 aromatic carbocycles. The molecule has 2 saturated carbocycles. The lowest BCUT2D eigenvalue weighted by molar-refractivity contribution is -0.124. The third kappa shape index (κ3) is 7.34. The van der Waals surface area contributed by atoms with Crippen molar-refractivity contribution < 1.29 is 13.9 Å². The summed E-state index contributed by atoms with van der Waals surface area (Å²) in [5, 5.41) is 3.43. The zero-order chi connectivity index (χ0) is 26.8. The lowest BCUT2D eigenvalue weighted by Gasteiger charge is -2.30. The molecule has 6 rings (SSSR count). The number of thioether (sulfide) groups is 1. The van der Waals surface area contributed by atoms with Gasteiger partial charge in [0.05, 0.1) is 12.0 Å². The van der Waals surface area contributed by atoms with E-state index in [0.29, 0.717) is 15.1 Å². The van der Waals surface area contributed by atoms with Crippen molar-refractivity contribution in [2.24, 2.45) is 11.8 Å². The topological polar surface area (TPSA) is 58.0 Å². The highest BCUT2D eigenvalue weighted by Gasteiger charge is 2.48. The molecular formula is C31H41Cl2N3O3S2. The molecule has 3 atom stereocenters. The molecule has 4 aliphatic rings. The second-order valence-corrected chi connectivity index (χ2v) is 13.1. The van der Waals surface area contributed by atoms with Gasteiger partial charge >= 0.3 is 0 Å². The van der Waals surface area contributed by atoms with Crippen LogP contribution in [0.1, 0.15) is 56.3 Å². The molecule has 2 aromatic rings. The fourth-order valence-corrected chi connectivity index (χ4v) is 8.20. The Balaban J connectivity index is 0.00000194. The summed E-state index contributed by atoms with van der Waals surface area (Å²) in [5.41, 5.74) is 2.13. The van der Waals surface area contributed by atoms with E-state index in [1.165, 1.54) is 50.4 Å². The minimum atomic E-state index is 0. The molecule has 2 aliphatic carbocycles. The number of thiocarbonyl (C=S) groups is 1. The Morgan fingerprint density at radius 2 is 1.95 bits per heavy atom. The predicted molar refractivity (Wildman–Crippen MR) is 176 cm³/mol. The Bertz CT molecular complexity index is 1250. The van der Waals surface area contributed by atoms with Gasteiger partial charge in [0.1, 0.15) is 21.6 Å². The smallest absolute Gasteiger partial charge is 0.266 e. The molecule has 224 valence electrons. The van der Waals surface area contributed by atoms with Crippen LogP contribution >= 0.6 is 48.8 Å². The van der Waals surface area contributed by atoms with Crippen LogP contribution < -0.4 is 10.1 Å². The summed E-state index contributed by atoms with van der Waals surface area (Å²) in [6.07, 6.45) is 11.2. The lowest BCUT2D eigenvalue weighted by Crippen LogP contribution is -2.43. The number of amides is 1. The van der Waals surface area contributed by atoms with E-state index in [1.54, 1.807) is 7.11 Å². The van der Waals surface area contributed by atoms with E-state index in [1.807, 2.05) is 35.2 Å². The first-order chi connectivity index (χ1) is 19.1. The second-order valence-electron chi connectivity index (χ2n) is 11.4. The number of rotatable bonds is 10. The number of hydrogen-bond donors (Lipinski definition) is 1. The summed E-state index contributed by atoms with van der Waals surface area (Å²) < 4.78 is 12.6. The number of furan rings is 1. The Morgan fingerprint density at radius 3 is 2.68 bits per heavy atom. The number of benzene rings is 1. The van der Waals surface area contributed by atoms with Crippen LogP contribution in [0.15, 0.2) is 39.7 Å². The number of carbonyl (C=O) groups excluding carboxylic acids is 1. The molecule has 1 amide bonds. The van der Waals surface area contributed by atoms with Gasteiger partial charge in [-0.05, 0) is 80.7 Å². The molecule has 2 saturated heterocycles. The number of piperazine rings is 1. The zero-order valence-corrected chi connectivity index (χ0v) is 26.9. The van der Waals surface area contributed by atoms with Crippen molar-refractivity contribution in [2.75, 3.05) is 39.8 Å². The van der Waals surface area contributed by atoms with Gasteiger partial charge in [-0.25, -0.2) is 0 Å². The third-order valence-electron chi connectivity index (χ3n) is 8.94. The first-order valence-electron chi connectivity index (χ1n) is 14.6. The number of unbranched alkanes of at least 4 members (excludes halogenated alkanes) is 2. The van der Waals surface area contributed by atoms with Crippen molar-refractivity contribution in [2.45, 2.75) is 57.4 Å². The van der Waals surface area contributed by atoms with Crippen molar-refractivity contribution in [3.8, 4) is 17.1 Å². The van der Waals surface area contributed by atoms with Gasteiger partial charge in [-0.15, -0.1) is 24.8 Å². The van der Waals surface area contributed by atoms with E-state index < -0.39 is 0 Å². The third-order valence-corrected chi connectivity index (χ3v) is 10.3. The summed E-state index contributed by atoms with van der Waals surface area (Å²) in [5.74, 6) is 3.82. The highest BCUT2D eigenvalue weighted by Crippen LogP contribution is 2.49. The largest absolute Gasteiger partial charge is 0.497 e. The van der Waals surface area contributed by atoms with Gasteiger partial charge in [0.2, 0.25) is 0 Å². The number of carbonyl (C=O) groups is 1. The molecule has 2 bridgehead atoms. The van der Waals surface area contributed by atoms with Gasteiger partial charge in [-0.2, -0.15) is 0 Å². The van der Waals surface area contributed by atoms with E-state index in [-0.39, 0.29) is 36.8 Å². The number of aryl methyl sites for hydroxylation is 1. The molecule has 1 N–H and O–H groups in total. The highest BCUT2D eigenvalue weighted by molar-refractivity contribution is 8.26. The average Bonchev–Trinajstić information content (AvgIpc) is 3.74. The predicted octanol–water partition coefficient (Wildman–Crippen LogP) is 6.81. The van der Waals surface area contributed by atoms with Crippen LogP contribution in [-0.4, -0.2) is 65.9 Å². The van der Waals surface area contributed by atoms with Gasteiger partial charge in [0, 0.05) is 43.9 Å². The van der Waals surface area contributed by atoms with Gasteiger partial charge in [0.15, 0.2) is 0 Å². The fourth-order valence-electron chi connectivity index (χ4n) is 6.85. The Hall–Kier alpha value is -1.55. The molecule has 0 spiro atoms. The zero-order valence-electron chi connectivity index (χ0n) is 23.6. The molecule has 3 unspecified atom stereocenters. The number of fused-ring (bicyclic) bond motifs is 2. The van der Waals surface area contributed by atoms with Crippen LogP contribution in [-0.2, 0) is 11.2 Å². The summed E-state index contributed by atoms with van der Waals surface area (Å²) in [4.78, 5) is 18.8. The minimum Gasteiger partial charge on any atom is -0.497 e. The van der Waals surface area contributed by atoms with E-state index >= 15 is 0 Å². The number of halogens is 2. The Kier molecular flexibility index (Phi) is 11.6. The SMILES string of the molecule is COc1cccc(-c2cc(CCCCCN3CCNCC3)c(/C=C3\SC(=S)N(C4CC5CCC4C5)C3=O)o2)c1.Cl.Cl. The molecule has 41 heavy (non-hydrogen) atoms. The first kappa shape index (κ1) is 32.4. The monoisotopic (exact) mass is 637 g/mol. The van der Waals surface area contributed by atoms with Crippen molar-refractivity contribution in [3.63, 3.8) is 0 Å². The second kappa shape index (κ2) is 14.8. The number of methoxy groups -OCH3 is 1. The molecule has 2 aliphatic heterocycles. The van der Waals surface area contributed by atoms with E-state index in [4.69, 9.17) is 21.4 Å². The summed E-state index contributed by atoms with van der Waals surface area (Å²) in [6, 6.07) is 10.4. The van der Waals surface area contributed by atoms with E-state index in [0.717, 1.165) is 79.8 Å². The maximum Gasteiger partial charge on any atom is 0.266 e. The Labute approximate surface area is 265 Å². The van der Waals surface area contributed by atoms with Gasteiger partial charge < -0.3 is 19.4 Å². The molecular weight excluding hydrogens is 597 g/mol. The van der Waals surface area contributed by atoms with Crippen molar-refractivity contribution in [3.05, 3.63) is 46.6 Å². The van der Waals surface area contributed by atoms with Crippen LogP contribution in [0, 0.1) is 11.8 Å². The van der Waals surface area contributed by atoms with Crippen LogP contribution in [0.3, 0.4) is 0 Å². The van der Waals surface area contributed by atoms with Crippen molar-refractivity contribution in [1.82, 2.24) is 15.1 Å². The normalized spacial score (nSPS) is 25.0. The molecule has 6 nitrogen and oxygen atoms in total. The number of ether oxygens (including phenoxy) is 1. The Morgan fingerprint density at radius 1 is 1.12 bits per heavy atom. The van der Waals surface area contributed by atoms with Gasteiger partial charge in [0.25, 0.3) is 5.91 Å². The maximum absolute atomic E-state index is 13.6. The average molecular weight is 639 g/mol. The molecule has 4 fully saturated rings. The van der Waals surface area contributed by atoms with Crippen LogP contribution in [0.4, 0.5) is 0 Å². The summed E-state index contributed by atoms with van der Waals surface area (Å²) in [7, 11) is 1.68. The van der Waals surface area contributed by atoms with Gasteiger partial charge in [-0.3, -0.25) is 9.69 Å². The van der Waals surface area contributed by atoms with E-state index in [9.17, 15) is 4.79 Å². The van der Waals surface area contributed by atoms with Crippen LogP contribution in [0.5, 0.6) is 5.75 Å². The minimum absolute atomic E-state index is 0. The van der Waals surface area contributed by atoms with Crippen LogP contribution in [0.2, 0.25) is 0 Å². The quantitative estimate of drug-likeness (QED) is 0.174. The number of nitrogens with zero attached hydrogens (tertiary/aromatic N) is 2. The molecule has 1 aromatic heterocycles. The van der Waals surface area contributed by atoms with Crippen molar-refractivity contribution in [1.29, 1.82) is 0 Å². The molecule has 0 radical (unpaired) electrons. The maximum atomic E-state index is 13.6. The van der Waals surface area contributed by atoms with Crippen molar-refractivity contribution >= 4 is 65.1 Å².